The van der Waals surface area contributed by atoms with Crippen molar-refractivity contribution in [3.05, 3.63) is 78.0 Å². The van der Waals surface area contributed by atoms with Crippen LogP contribution >= 0.6 is 0 Å². The largest absolute Gasteiger partial charge is 0.417 e. The first-order chi connectivity index (χ1) is 13.2. The average Bonchev–Trinajstić information content (AvgIpc) is 3.14. The second-order valence-corrected chi connectivity index (χ2v) is 5.65. The van der Waals surface area contributed by atoms with Crippen molar-refractivity contribution in [3.63, 3.8) is 0 Å². The van der Waals surface area contributed by atoms with Gasteiger partial charge in [0, 0.05) is 17.2 Å². The van der Waals surface area contributed by atoms with E-state index in [1.54, 1.807) is 6.07 Å². The predicted molar refractivity (Wildman–Crippen MR) is 96.6 cm³/mol. The number of nitrogens with one attached hydrogen (secondary N) is 2. The van der Waals surface area contributed by atoms with E-state index in [-0.39, 0.29) is 5.95 Å². The lowest BCUT2D eigenvalue weighted by atomic mass is 10.0. The van der Waals surface area contributed by atoms with E-state index in [1.807, 2.05) is 48.5 Å². The summed E-state index contributed by atoms with van der Waals surface area (Å²) in [6.45, 7) is 0. The molecule has 1 aliphatic rings. The Morgan fingerprint density at radius 1 is 1.07 bits per heavy atom. The monoisotopic (exact) mass is 362 g/mol. The first kappa shape index (κ1) is 16.5. The Hall–Kier alpha value is -3.94. The fourth-order valence-electron chi connectivity index (χ4n) is 2.67. The van der Waals surface area contributed by atoms with Crippen molar-refractivity contribution in [1.29, 1.82) is 0 Å². The molecule has 2 aromatic carbocycles. The van der Waals surface area contributed by atoms with E-state index in [2.05, 4.69) is 20.8 Å². The van der Waals surface area contributed by atoms with Gasteiger partial charge in [0.1, 0.15) is 0 Å². The van der Waals surface area contributed by atoms with Crippen LogP contribution in [-0.4, -0.2) is 29.0 Å². The van der Waals surface area contributed by atoms with Crippen LogP contribution in [0.5, 0.6) is 5.95 Å². The minimum Gasteiger partial charge on any atom is -0.374 e. The van der Waals surface area contributed by atoms with Gasteiger partial charge in [-0.15, -0.1) is 0 Å². The van der Waals surface area contributed by atoms with Crippen LogP contribution in [0.2, 0.25) is 0 Å². The molecule has 1 unspecified atom stereocenters. The predicted octanol–water partition coefficient (Wildman–Crippen LogP) is 2.58. The number of amides is 2. The zero-order valence-corrected chi connectivity index (χ0v) is 14.0. The second kappa shape index (κ2) is 7.12. The molecular formula is C19H14N4O4. The van der Waals surface area contributed by atoms with Crippen molar-refractivity contribution in [2.45, 2.75) is 6.17 Å². The summed E-state index contributed by atoms with van der Waals surface area (Å²) in [5.74, 6) is -0.569. The van der Waals surface area contributed by atoms with Gasteiger partial charge in [-0.2, -0.15) is 0 Å². The molecule has 0 spiro atoms. The molecule has 0 radical (unpaired) electrons. The molecule has 8 nitrogen and oxygen atoms in total. The van der Waals surface area contributed by atoms with Gasteiger partial charge < -0.3 is 14.6 Å². The Balaban J connectivity index is 1.68. The number of benzodiazepines with no additional fused rings is 1. The molecular weight excluding hydrogens is 348 g/mol. The number of nitrogens with zero attached hydrogens (tertiary/aromatic N) is 2. The quantitative estimate of drug-likeness (QED) is 0.745. The smallest absolute Gasteiger partial charge is 0.374 e. The molecule has 1 aromatic heterocycles. The third-order valence-corrected chi connectivity index (χ3v) is 3.86. The van der Waals surface area contributed by atoms with E-state index in [4.69, 9.17) is 9.26 Å². The van der Waals surface area contributed by atoms with E-state index in [0.717, 1.165) is 11.1 Å². The van der Waals surface area contributed by atoms with E-state index in [0.29, 0.717) is 11.4 Å². The fraction of sp³-hybridized carbons (Fsp3) is 0.0526. The number of aliphatic imine (C=N–C) groups is 1. The SMILES string of the molecule is O=C(NC1N=C(c2ccccc2)c2ccccc2NC1=O)Oc1ccno1. The molecule has 2 heterocycles. The summed E-state index contributed by atoms with van der Waals surface area (Å²) in [5, 5.41) is 8.65. The van der Waals surface area contributed by atoms with Crippen molar-refractivity contribution >= 4 is 23.4 Å². The first-order valence-electron chi connectivity index (χ1n) is 8.13. The number of para-hydroxylation sites is 1. The average molecular weight is 362 g/mol. The number of benzene rings is 2. The molecule has 1 aliphatic heterocycles. The molecule has 4 rings (SSSR count). The van der Waals surface area contributed by atoms with Crippen LogP contribution in [0.3, 0.4) is 0 Å². The van der Waals surface area contributed by atoms with Crippen LogP contribution in [0, 0.1) is 0 Å². The van der Waals surface area contributed by atoms with Crippen molar-refractivity contribution in [2.75, 3.05) is 5.32 Å². The maximum atomic E-state index is 12.6. The second-order valence-electron chi connectivity index (χ2n) is 5.65. The molecule has 0 aliphatic carbocycles. The highest BCUT2D eigenvalue weighted by molar-refractivity contribution is 6.19. The molecule has 8 heteroatoms. The number of hydrogen-bond acceptors (Lipinski definition) is 6. The summed E-state index contributed by atoms with van der Waals surface area (Å²) in [5.41, 5.74) is 2.76. The summed E-state index contributed by atoms with van der Waals surface area (Å²) in [6, 6.07) is 18.1. The van der Waals surface area contributed by atoms with E-state index in [1.165, 1.54) is 12.3 Å². The van der Waals surface area contributed by atoms with E-state index < -0.39 is 18.2 Å². The Labute approximate surface area is 153 Å². The minimum atomic E-state index is -1.18. The Morgan fingerprint density at radius 3 is 2.63 bits per heavy atom. The zero-order chi connectivity index (χ0) is 18.6. The molecule has 27 heavy (non-hydrogen) atoms. The van der Waals surface area contributed by atoms with Crippen LogP contribution in [0.25, 0.3) is 0 Å². The highest BCUT2D eigenvalue weighted by atomic mass is 16.7. The van der Waals surface area contributed by atoms with Crippen LogP contribution in [0.4, 0.5) is 10.5 Å². The Bertz CT molecular complexity index is 1000. The van der Waals surface area contributed by atoms with Gasteiger partial charge in [0.05, 0.1) is 17.6 Å². The number of carbonyl (C=O) groups is 2. The maximum absolute atomic E-state index is 12.6. The molecule has 0 saturated heterocycles. The summed E-state index contributed by atoms with van der Waals surface area (Å²) in [7, 11) is 0. The van der Waals surface area contributed by atoms with Gasteiger partial charge in [-0.25, -0.2) is 9.79 Å². The van der Waals surface area contributed by atoms with Crippen LogP contribution in [0.15, 0.2) is 76.4 Å². The van der Waals surface area contributed by atoms with Crippen LogP contribution in [0.1, 0.15) is 11.1 Å². The minimum absolute atomic E-state index is 0.0860. The van der Waals surface area contributed by atoms with Crippen molar-refractivity contribution in [2.24, 2.45) is 4.99 Å². The number of ether oxygens (including phenoxy) is 1. The van der Waals surface area contributed by atoms with Crippen LogP contribution < -0.4 is 15.4 Å². The number of fused-ring (bicyclic) bond motifs is 1. The standard InChI is InChI=1S/C19H14N4O4/c24-18-17(23-19(25)26-15-10-11-20-27-15)22-16(12-6-2-1-3-7-12)13-8-4-5-9-14(13)21-18/h1-11,17H,(H,21,24)(H,23,25). The van der Waals surface area contributed by atoms with Crippen molar-refractivity contribution < 1.29 is 18.8 Å². The van der Waals surface area contributed by atoms with Gasteiger partial charge in [0.2, 0.25) is 6.17 Å². The molecule has 2 N–H and O–H groups in total. The highest BCUT2D eigenvalue weighted by Crippen LogP contribution is 2.23. The first-order valence-corrected chi connectivity index (χ1v) is 8.13. The zero-order valence-electron chi connectivity index (χ0n) is 14.0. The molecule has 3 aromatic rings. The van der Waals surface area contributed by atoms with Gasteiger partial charge in [-0.1, -0.05) is 53.7 Å². The van der Waals surface area contributed by atoms with Gasteiger partial charge in [0.15, 0.2) is 0 Å². The van der Waals surface area contributed by atoms with E-state index >= 15 is 0 Å². The number of carbonyl (C=O) groups excluding carboxylic acids is 2. The third-order valence-electron chi connectivity index (χ3n) is 3.86. The summed E-state index contributed by atoms with van der Waals surface area (Å²) in [4.78, 5) is 29.1. The van der Waals surface area contributed by atoms with Crippen molar-refractivity contribution in [3.8, 4) is 5.95 Å². The van der Waals surface area contributed by atoms with Crippen molar-refractivity contribution in [1.82, 2.24) is 10.5 Å². The lowest BCUT2D eigenvalue weighted by molar-refractivity contribution is -0.117. The summed E-state index contributed by atoms with van der Waals surface area (Å²) < 4.78 is 9.65. The number of hydrogen-bond donors (Lipinski definition) is 2. The third kappa shape index (κ3) is 3.54. The van der Waals surface area contributed by atoms with E-state index in [9.17, 15) is 9.59 Å². The fourth-order valence-corrected chi connectivity index (χ4v) is 2.67. The van der Waals surface area contributed by atoms with Crippen LogP contribution in [-0.2, 0) is 4.79 Å². The van der Waals surface area contributed by atoms with Gasteiger partial charge >= 0.3 is 12.0 Å². The number of aromatic nitrogens is 1. The normalized spacial score (nSPS) is 15.8. The topological polar surface area (TPSA) is 106 Å². The molecule has 0 bridgehead atoms. The number of anilines is 1. The maximum Gasteiger partial charge on any atom is 0.417 e. The Morgan fingerprint density at radius 2 is 1.85 bits per heavy atom. The lowest BCUT2D eigenvalue weighted by Gasteiger charge is -2.12. The summed E-state index contributed by atoms with van der Waals surface area (Å²) in [6.07, 6.45) is -0.722. The molecule has 134 valence electrons. The molecule has 0 fully saturated rings. The Kier molecular flexibility index (Phi) is 4.36. The molecule has 0 saturated carbocycles. The number of rotatable bonds is 3. The highest BCUT2D eigenvalue weighted by Gasteiger charge is 2.27. The molecule has 1 atom stereocenters. The molecule has 2 amide bonds. The van der Waals surface area contributed by atoms with Gasteiger partial charge in [-0.3, -0.25) is 10.1 Å². The lowest BCUT2D eigenvalue weighted by Crippen LogP contribution is -2.43. The van der Waals surface area contributed by atoms with Gasteiger partial charge in [-0.05, 0) is 6.07 Å². The van der Waals surface area contributed by atoms with Gasteiger partial charge in [0.25, 0.3) is 5.91 Å². The summed E-state index contributed by atoms with van der Waals surface area (Å²) >= 11 is 0.